The number of rotatable bonds is 2. The molecule has 2 heterocycles. The zero-order chi connectivity index (χ0) is 10.7. The molecule has 15 heavy (non-hydrogen) atoms. The minimum atomic E-state index is -0.157. The average Bonchev–Trinajstić information content (AvgIpc) is 2.78. The molecular weight excluding hydrogens is 192 g/mol. The molecule has 1 aliphatic rings. The van der Waals surface area contributed by atoms with Crippen LogP contribution in [0.4, 0.5) is 0 Å². The molecule has 1 fully saturated rings. The molecular formula is C11H14N2O2. The fraction of sp³-hybridized carbons (Fsp3) is 0.455. The van der Waals surface area contributed by atoms with E-state index in [9.17, 15) is 4.79 Å². The van der Waals surface area contributed by atoms with Crippen molar-refractivity contribution in [2.75, 3.05) is 20.2 Å². The second-order valence-corrected chi connectivity index (χ2v) is 3.65. The first-order chi connectivity index (χ1) is 7.33. The first-order valence-electron chi connectivity index (χ1n) is 5.02. The SMILES string of the molecule is COC(=O)[C@@H]1CNC[C@@H]1c1ccccn1. The van der Waals surface area contributed by atoms with Gasteiger partial charge < -0.3 is 10.1 Å². The lowest BCUT2D eigenvalue weighted by molar-refractivity contribution is -0.145. The predicted molar refractivity (Wildman–Crippen MR) is 55.4 cm³/mol. The van der Waals surface area contributed by atoms with Crippen molar-refractivity contribution < 1.29 is 9.53 Å². The molecule has 1 saturated heterocycles. The number of carbonyl (C=O) groups excluding carboxylic acids is 1. The highest BCUT2D eigenvalue weighted by molar-refractivity contribution is 5.74. The van der Waals surface area contributed by atoms with E-state index in [4.69, 9.17) is 4.74 Å². The highest BCUT2D eigenvalue weighted by Gasteiger charge is 2.35. The lowest BCUT2D eigenvalue weighted by Gasteiger charge is -2.15. The van der Waals surface area contributed by atoms with Gasteiger partial charge in [-0.05, 0) is 12.1 Å². The maximum atomic E-state index is 11.5. The summed E-state index contributed by atoms with van der Waals surface area (Å²) < 4.78 is 4.78. The van der Waals surface area contributed by atoms with Crippen LogP contribution < -0.4 is 5.32 Å². The van der Waals surface area contributed by atoms with Crippen LogP contribution in [0.2, 0.25) is 0 Å². The molecule has 4 heteroatoms. The van der Waals surface area contributed by atoms with Crippen LogP contribution in [0.5, 0.6) is 0 Å². The Kier molecular flexibility index (Phi) is 2.97. The zero-order valence-corrected chi connectivity index (χ0v) is 8.64. The Bertz CT molecular complexity index is 340. The Balaban J connectivity index is 2.18. The van der Waals surface area contributed by atoms with Gasteiger partial charge in [-0.15, -0.1) is 0 Å². The van der Waals surface area contributed by atoms with Crippen LogP contribution in [-0.2, 0) is 9.53 Å². The van der Waals surface area contributed by atoms with Gasteiger partial charge in [0.15, 0.2) is 0 Å². The lowest BCUT2D eigenvalue weighted by Crippen LogP contribution is -2.23. The molecule has 80 valence electrons. The molecule has 0 radical (unpaired) electrons. The Morgan fingerprint density at radius 1 is 1.53 bits per heavy atom. The summed E-state index contributed by atoms with van der Waals surface area (Å²) >= 11 is 0. The molecule has 1 aromatic heterocycles. The van der Waals surface area contributed by atoms with E-state index in [0.717, 1.165) is 12.2 Å². The van der Waals surface area contributed by atoms with E-state index in [-0.39, 0.29) is 17.8 Å². The van der Waals surface area contributed by atoms with Gasteiger partial charge in [-0.2, -0.15) is 0 Å². The number of carbonyl (C=O) groups is 1. The number of methoxy groups -OCH3 is 1. The first-order valence-corrected chi connectivity index (χ1v) is 5.02. The van der Waals surface area contributed by atoms with E-state index in [1.54, 1.807) is 6.20 Å². The van der Waals surface area contributed by atoms with Gasteiger partial charge >= 0.3 is 5.97 Å². The minimum absolute atomic E-state index is 0.107. The average molecular weight is 206 g/mol. The zero-order valence-electron chi connectivity index (χ0n) is 8.64. The number of aromatic nitrogens is 1. The van der Waals surface area contributed by atoms with E-state index in [2.05, 4.69) is 10.3 Å². The molecule has 4 nitrogen and oxygen atoms in total. The summed E-state index contributed by atoms with van der Waals surface area (Å²) in [5.41, 5.74) is 0.956. The fourth-order valence-corrected chi connectivity index (χ4v) is 1.98. The third kappa shape index (κ3) is 1.99. The molecule has 0 unspecified atom stereocenters. The summed E-state index contributed by atoms with van der Waals surface area (Å²) in [6.07, 6.45) is 1.75. The van der Waals surface area contributed by atoms with Crippen molar-refractivity contribution in [2.45, 2.75) is 5.92 Å². The molecule has 0 bridgehead atoms. The van der Waals surface area contributed by atoms with Crippen LogP contribution >= 0.6 is 0 Å². The third-order valence-corrected chi connectivity index (χ3v) is 2.79. The Labute approximate surface area is 88.7 Å². The van der Waals surface area contributed by atoms with Crippen LogP contribution in [-0.4, -0.2) is 31.2 Å². The molecule has 1 aromatic rings. The van der Waals surface area contributed by atoms with Gasteiger partial charge in [-0.1, -0.05) is 6.07 Å². The van der Waals surface area contributed by atoms with Gasteiger partial charge in [0.05, 0.1) is 13.0 Å². The van der Waals surface area contributed by atoms with Gasteiger partial charge in [-0.3, -0.25) is 9.78 Å². The summed E-state index contributed by atoms with van der Waals surface area (Å²) in [5.74, 6) is -0.126. The Hall–Kier alpha value is -1.42. The van der Waals surface area contributed by atoms with Crippen molar-refractivity contribution in [3.05, 3.63) is 30.1 Å². The number of hydrogen-bond acceptors (Lipinski definition) is 4. The van der Waals surface area contributed by atoms with E-state index < -0.39 is 0 Å². The normalized spacial score (nSPS) is 25.1. The number of ether oxygens (including phenoxy) is 1. The second kappa shape index (κ2) is 4.40. The predicted octanol–water partition coefficient (Wildman–Crippen LogP) is 0.558. The third-order valence-electron chi connectivity index (χ3n) is 2.79. The van der Waals surface area contributed by atoms with Crippen LogP contribution in [0.3, 0.4) is 0 Å². The number of nitrogens with one attached hydrogen (secondary N) is 1. The van der Waals surface area contributed by atoms with E-state index in [0.29, 0.717) is 6.54 Å². The molecule has 1 N–H and O–H groups in total. The van der Waals surface area contributed by atoms with Crippen molar-refractivity contribution >= 4 is 5.97 Å². The van der Waals surface area contributed by atoms with Crippen molar-refractivity contribution in [3.63, 3.8) is 0 Å². The van der Waals surface area contributed by atoms with E-state index in [1.165, 1.54) is 7.11 Å². The first kappa shape index (κ1) is 10.1. The van der Waals surface area contributed by atoms with Gasteiger partial charge in [0.25, 0.3) is 0 Å². The quantitative estimate of drug-likeness (QED) is 0.718. The molecule has 1 aliphatic heterocycles. The molecule has 0 aliphatic carbocycles. The summed E-state index contributed by atoms with van der Waals surface area (Å²) in [4.78, 5) is 15.8. The maximum absolute atomic E-state index is 11.5. The van der Waals surface area contributed by atoms with Gasteiger partial charge in [0.1, 0.15) is 0 Å². The monoisotopic (exact) mass is 206 g/mol. The number of hydrogen-bond donors (Lipinski definition) is 1. The van der Waals surface area contributed by atoms with Crippen LogP contribution in [0, 0.1) is 5.92 Å². The maximum Gasteiger partial charge on any atom is 0.310 e. The van der Waals surface area contributed by atoms with Crippen LogP contribution in [0.15, 0.2) is 24.4 Å². The molecule has 0 spiro atoms. The van der Waals surface area contributed by atoms with Crippen molar-refractivity contribution in [1.82, 2.24) is 10.3 Å². The lowest BCUT2D eigenvalue weighted by atomic mass is 9.92. The summed E-state index contributed by atoms with van der Waals surface area (Å²) in [6, 6.07) is 5.77. The number of pyridine rings is 1. The van der Waals surface area contributed by atoms with Crippen molar-refractivity contribution in [2.24, 2.45) is 5.92 Å². The smallest absolute Gasteiger partial charge is 0.310 e. The number of esters is 1. The van der Waals surface area contributed by atoms with E-state index >= 15 is 0 Å². The highest BCUT2D eigenvalue weighted by Crippen LogP contribution is 2.27. The Morgan fingerprint density at radius 3 is 3.07 bits per heavy atom. The van der Waals surface area contributed by atoms with Crippen molar-refractivity contribution in [1.29, 1.82) is 0 Å². The summed E-state index contributed by atoms with van der Waals surface area (Å²) in [5, 5.41) is 3.20. The van der Waals surface area contributed by atoms with Gasteiger partial charge in [-0.25, -0.2) is 0 Å². The largest absolute Gasteiger partial charge is 0.469 e. The molecule has 0 aromatic carbocycles. The number of nitrogens with zero attached hydrogens (tertiary/aromatic N) is 1. The topological polar surface area (TPSA) is 51.2 Å². The Morgan fingerprint density at radius 2 is 2.40 bits per heavy atom. The standard InChI is InChI=1S/C11H14N2O2/c1-15-11(14)9-7-12-6-8(9)10-4-2-3-5-13-10/h2-5,8-9,12H,6-7H2,1H3/t8-,9+/m0/s1. The van der Waals surface area contributed by atoms with Gasteiger partial charge in [0.2, 0.25) is 0 Å². The fourth-order valence-electron chi connectivity index (χ4n) is 1.98. The van der Waals surface area contributed by atoms with Crippen LogP contribution in [0.1, 0.15) is 11.6 Å². The van der Waals surface area contributed by atoms with Crippen LogP contribution in [0.25, 0.3) is 0 Å². The minimum Gasteiger partial charge on any atom is -0.469 e. The highest BCUT2D eigenvalue weighted by atomic mass is 16.5. The molecule has 0 amide bonds. The molecule has 2 rings (SSSR count). The van der Waals surface area contributed by atoms with Crippen molar-refractivity contribution in [3.8, 4) is 0 Å². The molecule has 2 atom stereocenters. The van der Waals surface area contributed by atoms with Gasteiger partial charge in [0, 0.05) is 30.9 Å². The summed E-state index contributed by atoms with van der Waals surface area (Å²) in [7, 11) is 1.43. The second-order valence-electron chi connectivity index (χ2n) is 3.65. The van der Waals surface area contributed by atoms with E-state index in [1.807, 2.05) is 18.2 Å². The summed E-state index contributed by atoms with van der Waals surface area (Å²) in [6.45, 7) is 1.46. The molecule has 0 saturated carbocycles.